The minimum absolute atomic E-state index is 0.820. The molecule has 6 heteroatoms. The lowest BCUT2D eigenvalue weighted by atomic mass is 10.2. The van der Waals surface area contributed by atoms with Gasteiger partial charge in [0.25, 0.3) is 0 Å². The predicted molar refractivity (Wildman–Crippen MR) is 85.0 cm³/mol. The molecule has 0 fully saturated rings. The highest BCUT2D eigenvalue weighted by Gasteiger charge is 2.20. The van der Waals surface area contributed by atoms with E-state index in [2.05, 4.69) is 25.9 Å². The first kappa shape index (κ1) is 12.0. The average Bonchev–Trinajstić information content (AvgIpc) is 3.14. The topological polar surface area (TPSA) is 50.2 Å². The van der Waals surface area contributed by atoms with Crippen LogP contribution in [0.3, 0.4) is 0 Å². The third-order valence-electron chi connectivity index (χ3n) is 3.43. The summed E-state index contributed by atoms with van der Waals surface area (Å²) in [7, 11) is 0. The lowest BCUT2D eigenvalue weighted by molar-refractivity contribution is 0.917. The summed E-state index contributed by atoms with van der Waals surface area (Å²) >= 11 is 3.45. The molecule has 0 saturated heterocycles. The molecule has 4 rings (SSSR count). The number of rotatable bonds is 3. The Balaban J connectivity index is 1.69. The van der Waals surface area contributed by atoms with Crippen molar-refractivity contribution in [3.05, 3.63) is 39.2 Å². The van der Waals surface area contributed by atoms with Crippen LogP contribution in [0.2, 0.25) is 0 Å². The van der Waals surface area contributed by atoms with E-state index in [-0.39, 0.29) is 0 Å². The quantitative estimate of drug-likeness (QED) is 0.593. The zero-order valence-corrected chi connectivity index (χ0v) is 12.3. The first-order chi connectivity index (χ1) is 9.92. The van der Waals surface area contributed by atoms with E-state index >= 15 is 0 Å². The number of anilines is 1. The second kappa shape index (κ2) is 4.96. The fraction of sp³-hybridized carbons (Fsp3) is 0.214. The Kier molecular flexibility index (Phi) is 2.97. The molecule has 0 radical (unpaired) electrons. The van der Waals surface area contributed by atoms with Crippen LogP contribution in [-0.2, 0) is 12.8 Å². The van der Waals surface area contributed by atoms with Gasteiger partial charge >= 0.3 is 0 Å². The molecule has 0 aromatic carbocycles. The summed E-state index contributed by atoms with van der Waals surface area (Å²) in [6.45, 7) is 0. The largest absolute Gasteiger partial charge is 0.261 e. The molecule has 0 spiro atoms. The van der Waals surface area contributed by atoms with E-state index in [1.165, 1.54) is 23.3 Å². The number of nitrogens with zero attached hydrogens (tertiary/aromatic N) is 3. The highest BCUT2D eigenvalue weighted by Crippen LogP contribution is 2.38. The third kappa shape index (κ3) is 2.01. The number of aryl methyl sites for hydroxylation is 2. The van der Waals surface area contributed by atoms with Crippen LogP contribution in [0.4, 0.5) is 5.82 Å². The fourth-order valence-corrected chi connectivity index (χ4v) is 4.37. The average molecular weight is 300 g/mol. The maximum atomic E-state index is 4.38. The van der Waals surface area contributed by atoms with Crippen LogP contribution < -0.4 is 5.43 Å². The number of thiophene rings is 2. The van der Waals surface area contributed by atoms with E-state index in [0.29, 0.717) is 0 Å². The summed E-state index contributed by atoms with van der Waals surface area (Å²) in [6.07, 6.45) is 6.97. The van der Waals surface area contributed by atoms with Gasteiger partial charge in [-0.1, -0.05) is 0 Å². The second-order valence-corrected chi connectivity index (χ2v) is 6.55. The van der Waals surface area contributed by atoms with Gasteiger partial charge in [0.1, 0.15) is 11.2 Å². The molecule has 3 heterocycles. The Morgan fingerprint density at radius 1 is 1.30 bits per heavy atom. The molecule has 0 saturated carbocycles. The van der Waals surface area contributed by atoms with Crippen molar-refractivity contribution < 1.29 is 0 Å². The molecule has 0 atom stereocenters. The summed E-state index contributed by atoms with van der Waals surface area (Å²) in [5.41, 5.74) is 5.59. The number of nitrogens with one attached hydrogen (secondary N) is 1. The van der Waals surface area contributed by atoms with E-state index in [4.69, 9.17) is 0 Å². The van der Waals surface area contributed by atoms with Gasteiger partial charge in [0, 0.05) is 10.4 Å². The van der Waals surface area contributed by atoms with Gasteiger partial charge in [0.15, 0.2) is 5.82 Å². The standard InChI is InChI=1S/C14H12N4S2/c1-2-10-11(3-1)20-14-12(10)13(15-8-16-14)18-17-6-9-4-5-19-7-9/h4-8H,1-3H2,(H,15,16,18)/b17-6-. The first-order valence-corrected chi connectivity index (χ1v) is 8.24. The van der Waals surface area contributed by atoms with Crippen molar-refractivity contribution >= 4 is 44.9 Å². The number of hydrazone groups is 1. The number of hydrogen-bond donors (Lipinski definition) is 1. The highest BCUT2D eigenvalue weighted by atomic mass is 32.1. The minimum atomic E-state index is 0.820. The zero-order valence-electron chi connectivity index (χ0n) is 10.7. The molecule has 0 unspecified atom stereocenters. The van der Waals surface area contributed by atoms with E-state index in [1.54, 1.807) is 29.0 Å². The molecular weight excluding hydrogens is 288 g/mol. The van der Waals surface area contributed by atoms with Crippen molar-refractivity contribution in [3.63, 3.8) is 0 Å². The van der Waals surface area contributed by atoms with Crippen LogP contribution in [0.15, 0.2) is 28.3 Å². The Bertz CT molecular complexity index is 774. The molecule has 0 aliphatic heterocycles. The molecule has 1 aliphatic carbocycles. The molecule has 3 aromatic heterocycles. The van der Waals surface area contributed by atoms with Gasteiger partial charge in [-0.3, -0.25) is 5.43 Å². The molecule has 20 heavy (non-hydrogen) atoms. The normalized spacial score (nSPS) is 14.2. The SMILES string of the molecule is C(=N/Nc1ncnc2sc3c(c12)CCC3)/c1ccsc1. The Morgan fingerprint density at radius 3 is 3.20 bits per heavy atom. The molecular formula is C14H12N4S2. The maximum absolute atomic E-state index is 4.38. The third-order valence-corrected chi connectivity index (χ3v) is 5.33. The van der Waals surface area contributed by atoms with E-state index in [1.807, 2.05) is 17.7 Å². The van der Waals surface area contributed by atoms with Crippen molar-refractivity contribution in [2.45, 2.75) is 19.3 Å². The molecule has 100 valence electrons. The van der Waals surface area contributed by atoms with Crippen molar-refractivity contribution in [2.75, 3.05) is 5.43 Å². The van der Waals surface area contributed by atoms with Gasteiger partial charge in [0.05, 0.1) is 11.6 Å². The van der Waals surface area contributed by atoms with Crippen molar-refractivity contribution in [2.24, 2.45) is 5.10 Å². The van der Waals surface area contributed by atoms with E-state index in [0.717, 1.165) is 28.0 Å². The van der Waals surface area contributed by atoms with E-state index in [9.17, 15) is 0 Å². The monoisotopic (exact) mass is 300 g/mol. The van der Waals surface area contributed by atoms with Crippen LogP contribution in [0.5, 0.6) is 0 Å². The summed E-state index contributed by atoms with van der Waals surface area (Å²) in [4.78, 5) is 11.3. The van der Waals surface area contributed by atoms with Gasteiger partial charge in [-0.15, -0.1) is 11.3 Å². The number of fused-ring (bicyclic) bond motifs is 3. The van der Waals surface area contributed by atoms with Crippen LogP contribution in [0.1, 0.15) is 22.4 Å². The van der Waals surface area contributed by atoms with Crippen LogP contribution in [0.25, 0.3) is 10.2 Å². The summed E-state index contributed by atoms with van der Waals surface area (Å²) in [6, 6.07) is 2.04. The molecule has 4 nitrogen and oxygen atoms in total. The van der Waals surface area contributed by atoms with Crippen LogP contribution >= 0.6 is 22.7 Å². The van der Waals surface area contributed by atoms with Crippen molar-refractivity contribution in [3.8, 4) is 0 Å². The lowest BCUT2D eigenvalue weighted by Crippen LogP contribution is -1.95. The molecule has 1 aliphatic rings. The Labute approximate surface area is 124 Å². The Hall–Kier alpha value is -1.79. The fourth-order valence-electron chi connectivity index (χ4n) is 2.53. The van der Waals surface area contributed by atoms with Gasteiger partial charge in [0.2, 0.25) is 0 Å². The van der Waals surface area contributed by atoms with Crippen molar-refractivity contribution in [1.29, 1.82) is 0 Å². The summed E-state index contributed by atoms with van der Waals surface area (Å²) in [5.74, 6) is 0.820. The predicted octanol–water partition coefficient (Wildman–Crippen LogP) is 3.69. The van der Waals surface area contributed by atoms with Crippen molar-refractivity contribution in [1.82, 2.24) is 9.97 Å². The minimum Gasteiger partial charge on any atom is -0.261 e. The molecule has 0 amide bonds. The van der Waals surface area contributed by atoms with Crippen LogP contribution in [0, 0.1) is 0 Å². The lowest BCUT2D eigenvalue weighted by Gasteiger charge is -2.02. The Morgan fingerprint density at radius 2 is 2.30 bits per heavy atom. The zero-order chi connectivity index (χ0) is 13.4. The molecule has 3 aromatic rings. The molecule has 0 bridgehead atoms. The summed E-state index contributed by atoms with van der Waals surface area (Å²) in [5, 5.41) is 9.54. The highest BCUT2D eigenvalue weighted by molar-refractivity contribution is 7.19. The summed E-state index contributed by atoms with van der Waals surface area (Å²) < 4.78 is 0. The van der Waals surface area contributed by atoms with Gasteiger partial charge in [-0.05, 0) is 41.7 Å². The smallest absolute Gasteiger partial charge is 0.158 e. The second-order valence-electron chi connectivity index (χ2n) is 4.69. The van der Waals surface area contributed by atoms with Gasteiger partial charge < -0.3 is 0 Å². The number of aromatic nitrogens is 2. The molecule has 1 N–H and O–H groups in total. The first-order valence-electron chi connectivity index (χ1n) is 6.48. The van der Waals surface area contributed by atoms with Gasteiger partial charge in [-0.25, -0.2) is 9.97 Å². The maximum Gasteiger partial charge on any atom is 0.158 e. The van der Waals surface area contributed by atoms with Gasteiger partial charge in [-0.2, -0.15) is 16.4 Å². The number of hydrogen-bond acceptors (Lipinski definition) is 6. The van der Waals surface area contributed by atoms with E-state index < -0.39 is 0 Å². The van der Waals surface area contributed by atoms with Crippen LogP contribution in [-0.4, -0.2) is 16.2 Å².